The molecule has 1 aliphatic carbocycles. The summed E-state index contributed by atoms with van der Waals surface area (Å²) >= 11 is 0. The Morgan fingerprint density at radius 1 is 0.767 bits per heavy atom. The van der Waals surface area contributed by atoms with Crippen molar-refractivity contribution >= 4 is 0 Å². The van der Waals surface area contributed by atoms with E-state index in [1.165, 1.54) is 21.3 Å². The lowest BCUT2D eigenvalue weighted by molar-refractivity contribution is 0.0862. The van der Waals surface area contributed by atoms with Gasteiger partial charge in [-0.25, -0.2) is 0 Å². The Labute approximate surface area is 177 Å². The van der Waals surface area contributed by atoms with E-state index in [1.807, 2.05) is 6.92 Å². The topological polar surface area (TPSA) is 86.6 Å². The Hall–Kier alpha value is -2.80. The van der Waals surface area contributed by atoms with Gasteiger partial charge in [-0.1, -0.05) is 13.8 Å². The second kappa shape index (κ2) is 8.52. The van der Waals surface area contributed by atoms with Crippen LogP contribution in [0.25, 0.3) is 11.1 Å². The number of phenolic OH excluding ortho intramolecular Hbond substituents is 1. The smallest absolute Gasteiger partial charge is 0.203 e. The van der Waals surface area contributed by atoms with E-state index in [4.69, 9.17) is 23.7 Å². The molecule has 30 heavy (non-hydrogen) atoms. The van der Waals surface area contributed by atoms with E-state index in [2.05, 4.69) is 6.92 Å². The van der Waals surface area contributed by atoms with Crippen LogP contribution in [0.5, 0.6) is 34.5 Å². The number of hydrogen-bond acceptors (Lipinski definition) is 7. The van der Waals surface area contributed by atoms with Crippen LogP contribution in [-0.4, -0.2) is 45.8 Å². The van der Waals surface area contributed by atoms with Crippen molar-refractivity contribution < 1.29 is 33.9 Å². The number of aliphatic hydroxyl groups excluding tert-OH is 1. The summed E-state index contributed by atoms with van der Waals surface area (Å²) in [5.74, 6) is 1.93. The molecule has 1 aliphatic rings. The Morgan fingerprint density at radius 3 is 1.87 bits per heavy atom. The summed E-state index contributed by atoms with van der Waals surface area (Å²) in [6, 6.07) is 3.47. The van der Waals surface area contributed by atoms with Crippen molar-refractivity contribution in [1.82, 2.24) is 0 Å². The quantitative estimate of drug-likeness (QED) is 0.760. The van der Waals surface area contributed by atoms with Gasteiger partial charge in [-0.15, -0.1) is 0 Å². The van der Waals surface area contributed by atoms with Gasteiger partial charge in [0.1, 0.15) is 0 Å². The molecule has 0 saturated heterocycles. The number of benzene rings is 2. The number of phenols is 1. The lowest BCUT2D eigenvalue weighted by Crippen LogP contribution is -2.23. The molecule has 164 valence electrons. The van der Waals surface area contributed by atoms with E-state index in [0.29, 0.717) is 46.1 Å². The molecule has 0 aliphatic heterocycles. The second-order valence-electron chi connectivity index (χ2n) is 7.59. The summed E-state index contributed by atoms with van der Waals surface area (Å²) in [6.07, 6.45) is -0.153. The van der Waals surface area contributed by atoms with Crippen LogP contribution in [0.2, 0.25) is 0 Å². The number of ether oxygens (including phenoxy) is 5. The molecule has 0 radical (unpaired) electrons. The Bertz CT molecular complexity index is 938. The lowest BCUT2D eigenvalue weighted by atomic mass is 9.76. The van der Waals surface area contributed by atoms with Gasteiger partial charge >= 0.3 is 0 Å². The highest BCUT2D eigenvalue weighted by atomic mass is 16.5. The Kier molecular flexibility index (Phi) is 6.22. The second-order valence-corrected chi connectivity index (χ2v) is 7.59. The number of aromatic hydroxyl groups is 1. The van der Waals surface area contributed by atoms with Crippen molar-refractivity contribution in [2.45, 2.75) is 26.4 Å². The van der Waals surface area contributed by atoms with Crippen molar-refractivity contribution in [1.29, 1.82) is 0 Å². The summed E-state index contributed by atoms with van der Waals surface area (Å²) in [6.45, 7) is 4.09. The van der Waals surface area contributed by atoms with Crippen molar-refractivity contribution in [3.63, 3.8) is 0 Å². The molecule has 2 N–H and O–H groups in total. The first kappa shape index (κ1) is 21.9. The number of fused-ring (bicyclic) bond motifs is 3. The molecule has 3 atom stereocenters. The van der Waals surface area contributed by atoms with Gasteiger partial charge in [-0.3, -0.25) is 0 Å². The fourth-order valence-electron chi connectivity index (χ4n) is 4.30. The van der Waals surface area contributed by atoms with Gasteiger partial charge in [0.05, 0.1) is 41.7 Å². The van der Waals surface area contributed by atoms with Crippen molar-refractivity contribution in [3.8, 4) is 45.6 Å². The summed E-state index contributed by atoms with van der Waals surface area (Å²) in [7, 11) is 7.61. The third-order valence-electron chi connectivity index (χ3n) is 6.07. The zero-order valence-electron chi connectivity index (χ0n) is 18.5. The van der Waals surface area contributed by atoms with Gasteiger partial charge in [0.2, 0.25) is 11.5 Å². The summed E-state index contributed by atoms with van der Waals surface area (Å²) in [5.41, 5.74) is 2.82. The SMILES string of the molecule is COc1cc2c(c(OC)c1OC)-c1c(cc(O)c(OC)c1OC)C[C@H](C)[C@H](C)[C@@H]2O. The van der Waals surface area contributed by atoms with Gasteiger partial charge in [-0.05, 0) is 41.5 Å². The van der Waals surface area contributed by atoms with Crippen LogP contribution >= 0.6 is 0 Å². The van der Waals surface area contributed by atoms with Crippen LogP contribution in [0.3, 0.4) is 0 Å². The molecule has 7 nitrogen and oxygen atoms in total. The fraction of sp³-hybridized carbons (Fsp3) is 0.478. The molecule has 7 heteroatoms. The number of methoxy groups -OCH3 is 5. The molecule has 2 aromatic rings. The first-order valence-corrected chi connectivity index (χ1v) is 9.82. The van der Waals surface area contributed by atoms with Crippen LogP contribution in [0, 0.1) is 11.8 Å². The fourth-order valence-corrected chi connectivity index (χ4v) is 4.30. The third kappa shape index (κ3) is 3.27. The molecule has 0 unspecified atom stereocenters. The van der Waals surface area contributed by atoms with Crippen molar-refractivity contribution in [2.24, 2.45) is 11.8 Å². The average molecular weight is 418 g/mol. The predicted molar refractivity (Wildman–Crippen MR) is 113 cm³/mol. The Balaban J connectivity index is 2.55. The normalized spacial score (nSPS) is 20.3. The summed E-state index contributed by atoms with van der Waals surface area (Å²) in [4.78, 5) is 0. The van der Waals surface area contributed by atoms with Gasteiger partial charge < -0.3 is 33.9 Å². The van der Waals surface area contributed by atoms with E-state index >= 15 is 0 Å². The Morgan fingerprint density at radius 2 is 1.33 bits per heavy atom. The van der Waals surface area contributed by atoms with Crippen LogP contribution in [0.1, 0.15) is 31.1 Å². The third-order valence-corrected chi connectivity index (χ3v) is 6.07. The highest BCUT2D eigenvalue weighted by Crippen LogP contribution is 2.57. The van der Waals surface area contributed by atoms with E-state index in [9.17, 15) is 10.2 Å². The highest BCUT2D eigenvalue weighted by molar-refractivity contribution is 5.88. The summed E-state index contributed by atoms with van der Waals surface area (Å²) in [5, 5.41) is 21.9. The maximum absolute atomic E-state index is 11.3. The molecule has 0 aromatic heterocycles. The van der Waals surface area contributed by atoms with Crippen molar-refractivity contribution in [2.75, 3.05) is 35.5 Å². The van der Waals surface area contributed by atoms with Crippen LogP contribution < -0.4 is 23.7 Å². The molecule has 0 bridgehead atoms. The largest absolute Gasteiger partial charge is 0.504 e. The minimum Gasteiger partial charge on any atom is -0.504 e. The van der Waals surface area contributed by atoms with E-state index in [1.54, 1.807) is 26.4 Å². The van der Waals surface area contributed by atoms with Gasteiger partial charge in [0.15, 0.2) is 23.0 Å². The van der Waals surface area contributed by atoms with E-state index < -0.39 is 6.10 Å². The van der Waals surface area contributed by atoms with E-state index in [0.717, 1.165) is 5.56 Å². The average Bonchev–Trinajstić information content (AvgIpc) is 2.75. The highest BCUT2D eigenvalue weighted by Gasteiger charge is 2.36. The minimum absolute atomic E-state index is 0.00457. The molecule has 0 heterocycles. The van der Waals surface area contributed by atoms with Gasteiger partial charge in [0, 0.05) is 11.1 Å². The molecular weight excluding hydrogens is 388 g/mol. The summed E-state index contributed by atoms with van der Waals surface area (Å²) < 4.78 is 28.0. The molecule has 0 amide bonds. The zero-order valence-corrected chi connectivity index (χ0v) is 18.5. The van der Waals surface area contributed by atoms with Crippen molar-refractivity contribution in [3.05, 3.63) is 23.3 Å². The van der Waals surface area contributed by atoms with Gasteiger partial charge in [0.25, 0.3) is 0 Å². The maximum atomic E-state index is 11.3. The molecular formula is C23H30O7. The van der Waals surface area contributed by atoms with Gasteiger partial charge in [-0.2, -0.15) is 0 Å². The minimum atomic E-state index is -0.777. The van der Waals surface area contributed by atoms with Crippen LogP contribution in [0.4, 0.5) is 0 Å². The first-order chi connectivity index (χ1) is 14.3. The number of hydrogen-bond donors (Lipinski definition) is 2. The molecule has 0 spiro atoms. The molecule has 0 fully saturated rings. The lowest BCUT2D eigenvalue weighted by Gasteiger charge is -2.33. The van der Waals surface area contributed by atoms with Crippen LogP contribution in [0.15, 0.2) is 12.1 Å². The molecule has 3 rings (SSSR count). The molecule has 2 aromatic carbocycles. The maximum Gasteiger partial charge on any atom is 0.203 e. The number of aliphatic hydroxyl groups is 1. The first-order valence-electron chi connectivity index (χ1n) is 9.82. The predicted octanol–water partition coefficient (Wildman–Crippen LogP) is 3.96. The van der Waals surface area contributed by atoms with Crippen LogP contribution in [-0.2, 0) is 6.42 Å². The van der Waals surface area contributed by atoms with E-state index in [-0.39, 0.29) is 23.3 Å². The number of rotatable bonds is 5. The molecule has 0 saturated carbocycles. The zero-order chi connectivity index (χ0) is 22.2. The monoisotopic (exact) mass is 418 g/mol. The standard InChI is InChI=1S/C23H30O7/c1-11-8-13-9-15(24)20(27-4)22(29-6)17(13)18-14(19(25)12(11)2)10-16(26-3)21(28-5)23(18)30-7/h9-12,19,24-25H,8H2,1-7H3/t11-,12-,19-/m0/s1.